The number of halogens is 3. The zero-order valence-electron chi connectivity index (χ0n) is 10.8. The van der Waals surface area contributed by atoms with Crippen LogP contribution in [0, 0.1) is 11.6 Å². The molecule has 1 saturated heterocycles. The maximum Gasteiger partial charge on any atom is 0.265 e. The summed E-state index contributed by atoms with van der Waals surface area (Å²) in [7, 11) is 0.711. The third-order valence-electron chi connectivity index (χ3n) is 3.04. The van der Waals surface area contributed by atoms with Crippen molar-refractivity contribution in [2.24, 2.45) is 0 Å². The zero-order chi connectivity index (χ0) is 15.6. The lowest BCUT2D eigenvalue weighted by Crippen LogP contribution is -2.32. The number of amides is 1. The molecule has 1 aliphatic heterocycles. The molecule has 1 fully saturated rings. The Bertz CT molecular complexity index is 659. The van der Waals surface area contributed by atoms with Crippen molar-refractivity contribution in [3.8, 4) is 5.75 Å². The van der Waals surface area contributed by atoms with Crippen LogP contribution in [-0.4, -0.2) is 38.9 Å². The molecule has 1 aromatic carbocycles. The van der Waals surface area contributed by atoms with E-state index in [1.165, 1.54) is 4.90 Å². The standard InChI is InChI=1S/C12H12ClF2NO4S/c13-21(18,19)10-6-8(14)5-9(15)12(10)20-7-11(17)16-3-1-2-4-16/h5-6H,1-4,7H2. The summed E-state index contributed by atoms with van der Waals surface area (Å²) in [4.78, 5) is 12.5. The van der Waals surface area contributed by atoms with Crippen molar-refractivity contribution in [3.05, 3.63) is 23.8 Å². The number of hydrogen-bond acceptors (Lipinski definition) is 4. The van der Waals surface area contributed by atoms with Crippen molar-refractivity contribution in [2.75, 3.05) is 19.7 Å². The van der Waals surface area contributed by atoms with Crippen LogP contribution in [0.1, 0.15) is 12.8 Å². The Morgan fingerprint density at radius 3 is 2.48 bits per heavy atom. The Hall–Kier alpha value is -1.41. The van der Waals surface area contributed by atoms with Gasteiger partial charge in [-0.1, -0.05) is 0 Å². The fourth-order valence-corrected chi connectivity index (χ4v) is 3.02. The van der Waals surface area contributed by atoms with Crippen LogP contribution in [0.4, 0.5) is 8.78 Å². The quantitative estimate of drug-likeness (QED) is 0.786. The summed E-state index contributed by atoms with van der Waals surface area (Å²) in [6.45, 7) is 0.617. The van der Waals surface area contributed by atoms with Gasteiger partial charge < -0.3 is 9.64 Å². The molecule has 1 aromatic rings. The van der Waals surface area contributed by atoms with Gasteiger partial charge in [0.1, 0.15) is 10.7 Å². The summed E-state index contributed by atoms with van der Waals surface area (Å²) in [5.41, 5.74) is 0. The van der Waals surface area contributed by atoms with Crippen LogP contribution in [0.25, 0.3) is 0 Å². The van der Waals surface area contributed by atoms with E-state index in [1.54, 1.807) is 0 Å². The molecule has 116 valence electrons. The molecule has 1 heterocycles. The highest BCUT2D eigenvalue weighted by atomic mass is 35.7. The first-order valence-corrected chi connectivity index (χ1v) is 8.44. The van der Waals surface area contributed by atoms with E-state index in [9.17, 15) is 22.0 Å². The molecule has 5 nitrogen and oxygen atoms in total. The van der Waals surface area contributed by atoms with Gasteiger partial charge in [0, 0.05) is 29.8 Å². The Morgan fingerprint density at radius 2 is 1.90 bits per heavy atom. The predicted octanol–water partition coefficient (Wildman–Crippen LogP) is 1.89. The normalized spacial score (nSPS) is 15.3. The van der Waals surface area contributed by atoms with E-state index in [0.29, 0.717) is 25.2 Å². The van der Waals surface area contributed by atoms with Gasteiger partial charge in [-0.05, 0) is 18.9 Å². The Kier molecular flexibility index (Phi) is 4.67. The number of benzene rings is 1. The molecule has 0 radical (unpaired) electrons. The fraction of sp³-hybridized carbons (Fsp3) is 0.417. The van der Waals surface area contributed by atoms with Gasteiger partial charge in [-0.25, -0.2) is 17.2 Å². The van der Waals surface area contributed by atoms with Crippen molar-refractivity contribution in [3.63, 3.8) is 0 Å². The van der Waals surface area contributed by atoms with Gasteiger partial charge >= 0.3 is 0 Å². The molecule has 0 N–H and O–H groups in total. The molecular formula is C12H12ClF2NO4S. The van der Waals surface area contributed by atoms with Crippen molar-refractivity contribution in [1.82, 2.24) is 4.90 Å². The largest absolute Gasteiger partial charge is 0.479 e. The van der Waals surface area contributed by atoms with E-state index < -0.39 is 43.8 Å². The second kappa shape index (κ2) is 6.15. The zero-order valence-corrected chi connectivity index (χ0v) is 12.4. The Labute approximate surface area is 124 Å². The highest BCUT2D eigenvalue weighted by molar-refractivity contribution is 8.13. The van der Waals surface area contributed by atoms with Gasteiger partial charge in [0.2, 0.25) is 0 Å². The number of likely N-dealkylation sites (tertiary alicyclic amines) is 1. The fourth-order valence-electron chi connectivity index (χ4n) is 2.05. The molecule has 0 unspecified atom stereocenters. The minimum Gasteiger partial charge on any atom is -0.479 e. The molecule has 0 bridgehead atoms. The first kappa shape index (κ1) is 16.0. The minimum atomic E-state index is -4.40. The van der Waals surface area contributed by atoms with Crippen molar-refractivity contribution < 1.29 is 26.7 Å². The third-order valence-corrected chi connectivity index (χ3v) is 4.36. The number of nitrogens with zero attached hydrogens (tertiary/aromatic N) is 1. The Balaban J connectivity index is 2.21. The molecule has 0 aliphatic carbocycles. The highest BCUT2D eigenvalue weighted by Gasteiger charge is 2.25. The van der Waals surface area contributed by atoms with Gasteiger partial charge in [-0.2, -0.15) is 0 Å². The third kappa shape index (κ3) is 3.82. The van der Waals surface area contributed by atoms with E-state index >= 15 is 0 Å². The van der Waals surface area contributed by atoms with E-state index in [-0.39, 0.29) is 0 Å². The lowest BCUT2D eigenvalue weighted by Gasteiger charge is -2.16. The van der Waals surface area contributed by atoms with Crippen LogP contribution >= 0.6 is 10.7 Å². The molecule has 1 amide bonds. The van der Waals surface area contributed by atoms with Gasteiger partial charge in [0.05, 0.1) is 0 Å². The van der Waals surface area contributed by atoms with Crippen LogP contribution in [-0.2, 0) is 13.8 Å². The molecule has 0 aromatic heterocycles. The van der Waals surface area contributed by atoms with Crippen LogP contribution in [0.3, 0.4) is 0 Å². The van der Waals surface area contributed by atoms with Gasteiger partial charge in [-0.15, -0.1) is 0 Å². The number of hydrogen-bond donors (Lipinski definition) is 0. The average molecular weight is 340 g/mol. The van der Waals surface area contributed by atoms with Crippen molar-refractivity contribution >= 4 is 25.6 Å². The lowest BCUT2D eigenvalue weighted by atomic mass is 10.3. The summed E-state index contributed by atoms with van der Waals surface area (Å²) in [6.07, 6.45) is 1.75. The van der Waals surface area contributed by atoms with Crippen LogP contribution in [0.5, 0.6) is 5.75 Å². The predicted molar refractivity (Wildman–Crippen MR) is 70.7 cm³/mol. The summed E-state index contributed by atoms with van der Waals surface area (Å²) in [5, 5.41) is 0. The summed E-state index contributed by atoms with van der Waals surface area (Å²) >= 11 is 0. The van der Waals surface area contributed by atoms with Gasteiger partial charge in [0.15, 0.2) is 18.2 Å². The second-order valence-electron chi connectivity index (χ2n) is 4.53. The summed E-state index contributed by atoms with van der Waals surface area (Å²) in [6, 6.07) is 1.00. The molecule has 0 saturated carbocycles. The molecular weight excluding hydrogens is 328 g/mol. The molecule has 9 heteroatoms. The molecule has 0 atom stereocenters. The van der Waals surface area contributed by atoms with E-state index in [1.807, 2.05) is 0 Å². The van der Waals surface area contributed by atoms with Crippen molar-refractivity contribution in [1.29, 1.82) is 0 Å². The monoisotopic (exact) mass is 339 g/mol. The molecule has 2 rings (SSSR count). The number of carbonyl (C=O) groups excluding carboxylic acids is 1. The SMILES string of the molecule is O=C(COc1c(F)cc(F)cc1S(=O)(=O)Cl)N1CCCC1. The first-order valence-electron chi connectivity index (χ1n) is 6.13. The van der Waals surface area contributed by atoms with Gasteiger partial charge in [-0.3, -0.25) is 4.79 Å². The summed E-state index contributed by atoms with van der Waals surface area (Å²) < 4.78 is 54.3. The maximum atomic E-state index is 13.7. The second-order valence-corrected chi connectivity index (χ2v) is 7.06. The van der Waals surface area contributed by atoms with Crippen LogP contribution in [0.2, 0.25) is 0 Å². The minimum absolute atomic E-state index is 0.394. The first-order chi connectivity index (χ1) is 9.79. The van der Waals surface area contributed by atoms with E-state index in [2.05, 4.69) is 0 Å². The Morgan fingerprint density at radius 1 is 1.29 bits per heavy atom. The smallest absolute Gasteiger partial charge is 0.265 e. The van der Waals surface area contributed by atoms with Crippen LogP contribution < -0.4 is 4.74 Å². The van der Waals surface area contributed by atoms with E-state index in [4.69, 9.17) is 15.4 Å². The number of carbonyl (C=O) groups is 1. The molecule has 21 heavy (non-hydrogen) atoms. The molecule has 0 spiro atoms. The van der Waals surface area contributed by atoms with Gasteiger partial charge in [0.25, 0.3) is 15.0 Å². The number of ether oxygens (including phenoxy) is 1. The topological polar surface area (TPSA) is 63.7 Å². The lowest BCUT2D eigenvalue weighted by molar-refractivity contribution is -0.132. The maximum absolute atomic E-state index is 13.7. The van der Waals surface area contributed by atoms with E-state index in [0.717, 1.165) is 12.8 Å². The van der Waals surface area contributed by atoms with Crippen molar-refractivity contribution in [2.45, 2.75) is 17.7 Å². The highest BCUT2D eigenvalue weighted by Crippen LogP contribution is 2.31. The average Bonchev–Trinajstić information content (AvgIpc) is 2.89. The number of rotatable bonds is 4. The molecule has 1 aliphatic rings. The summed E-state index contributed by atoms with van der Waals surface area (Å²) in [5.74, 6) is -3.48. The van der Waals surface area contributed by atoms with Crippen LogP contribution in [0.15, 0.2) is 17.0 Å².